The summed E-state index contributed by atoms with van der Waals surface area (Å²) < 4.78 is 13.4. The van der Waals surface area contributed by atoms with Crippen molar-refractivity contribution in [2.24, 2.45) is 0 Å². The number of likely N-dealkylation sites (tertiary alicyclic amines) is 1. The van der Waals surface area contributed by atoms with Crippen LogP contribution in [0.2, 0.25) is 0 Å². The molecule has 0 saturated carbocycles. The predicted molar refractivity (Wildman–Crippen MR) is 94.4 cm³/mol. The van der Waals surface area contributed by atoms with Crippen LogP contribution >= 0.6 is 11.3 Å². The number of thiazole rings is 1. The van der Waals surface area contributed by atoms with Gasteiger partial charge in [0.05, 0.1) is 0 Å². The van der Waals surface area contributed by atoms with Crippen LogP contribution in [-0.2, 0) is 6.54 Å². The average Bonchev–Trinajstić information content (AvgIpc) is 3.26. The maximum Gasteiger partial charge on any atom is 0.123 e. The second kappa shape index (κ2) is 6.79. The van der Waals surface area contributed by atoms with E-state index in [0.717, 1.165) is 42.2 Å². The summed E-state index contributed by atoms with van der Waals surface area (Å²) in [5.74, 6) is 0.281. The maximum atomic E-state index is 13.4. The molecule has 3 aromatic rings. The first-order valence-electron chi connectivity index (χ1n) is 8.11. The van der Waals surface area contributed by atoms with Gasteiger partial charge < -0.3 is 0 Å². The molecule has 1 fully saturated rings. The fourth-order valence-corrected chi connectivity index (χ4v) is 4.20. The number of hydrogen-bond acceptors (Lipinski definition) is 4. The molecule has 1 atom stereocenters. The molecule has 0 aliphatic carbocycles. The van der Waals surface area contributed by atoms with Crippen molar-refractivity contribution in [2.45, 2.75) is 18.9 Å². The monoisotopic (exact) mass is 339 g/mol. The highest BCUT2D eigenvalue weighted by Crippen LogP contribution is 2.30. The van der Waals surface area contributed by atoms with Gasteiger partial charge in [0.25, 0.3) is 0 Å². The molecule has 0 bridgehead atoms. The number of hydrogen-bond donors (Lipinski definition) is 0. The Morgan fingerprint density at radius 1 is 1.21 bits per heavy atom. The molecular weight excluding hydrogens is 321 g/mol. The van der Waals surface area contributed by atoms with Gasteiger partial charge >= 0.3 is 0 Å². The SMILES string of the molecule is Fc1cccc(C2CCN(Cc3cnc(-c4ccncc4)s3)C2)c1. The molecule has 1 unspecified atom stereocenters. The van der Waals surface area contributed by atoms with Gasteiger partial charge in [-0.3, -0.25) is 9.88 Å². The Balaban J connectivity index is 1.41. The van der Waals surface area contributed by atoms with E-state index in [1.54, 1.807) is 35.9 Å². The van der Waals surface area contributed by atoms with E-state index in [1.807, 2.05) is 24.4 Å². The molecule has 1 aromatic carbocycles. The summed E-state index contributed by atoms with van der Waals surface area (Å²) in [6.45, 7) is 2.93. The molecule has 0 spiro atoms. The number of nitrogens with zero attached hydrogens (tertiary/aromatic N) is 3. The highest BCUT2D eigenvalue weighted by Gasteiger charge is 2.24. The first-order valence-corrected chi connectivity index (χ1v) is 8.92. The lowest BCUT2D eigenvalue weighted by molar-refractivity contribution is 0.329. The Hall–Kier alpha value is -2.11. The Kier molecular flexibility index (Phi) is 4.36. The van der Waals surface area contributed by atoms with Crippen LogP contribution < -0.4 is 0 Å². The highest BCUT2D eigenvalue weighted by atomic mass is 32.1. The van der Waals surface area contributed by atoms with Crippen molar-refractivity contribution in [3.63, 3.8) is 0 Å². The van der Waals surface area contributed by atoms with Crippen molar-refractivity contribution in [2.75, 3.05) is 13.1 Å². The van der Waals surface area contributed by atoms with E-state index >= 15 is 0 Å². The molecule has 122 valence electrons. The summed E-state index contributed by atoms with van der Waals surface area (Å²) >= 11 is 1.73. The lowest BCUT2D eigenvalue weighted by atomic mass is 9.98. The Morgan fingerprint density at radius 2 is 2.08 bits per heavy atom. The van der Waals surface area contributed by atoms with E-state index < -0.39 is 0 Å². The van der Waals surface area contributed by atoms with Crippen LogP contribution in [0.1, 0.15) is 22.8 Å². The van der Waals surface area contributed by atoms with Crippen LogP contribution in [0.25, 0.3) is 10.6 Å². The minimum Gasteiger partial charge on any atom is -0.298 e. The van der Waals surface area contributed by atoms with Crippen LogP contribution in [0.15, 0.2) is 55.0 Å². The molecule has 1 saturated heterocycles. The first-order chi connectivity index (χ1) is 11.8. The molecule has 2 aromatic heterocycles. The molecule has 1 aliphatic heterocycles. The van der Waals surface area contributed by atoms with Crippen molar-refractivity contribution in [1.82, 2.24) is 14.9 Å². The second-order valence-corrected chi connectivity index (χ2v) is 7.26. The topological polar surface area (TPSA) is 29.0 Å². The number of rotatable bonds is 4. The van der Waals surface area contributed by atoms with E-state index in [4.69, 9.17) is 0 Å². The van der Waals surface area contributed by atoms with Crippen LogP contribution in [0.4, 0.5) is 4.39 Å². The summed E-state index contributed by atoms with van der Waals surface area (Å²) in [6.07, 6.45) is 6.64. The number of pyridine rings is 1. The first kappa shape index (κ1) is 15.4. The largest absolute Gasteiger partial charge is 0.298 e. The third-order valence-electron chi connectivity index (χ3n) is 4.45. The minimum atomic E-state index is -0.143. The fraction of sp³-hybridized carbons (Fsp3) is 0.263. The molecule has 4 rings (SSSR count). The minimum absolute atomic E-state index is 0.143. The van der Waals surface area contributed by atoms with Crippen LogP contribution in [0, 0.1) is 5.82 Å². The number of aromatic nitrogens is 2. The maximum absolute atomic E-state index is 13.4. The van der Waals surface area contributed by atoms with Gasteiger partial charge in [-0.25, -0.2) is 9.37 Å². The smallest absolute Gasteiger partial charge is 0.123 e. The van der Waals surface area contributed by atoms with Crippen molar-refractivity contribution in [3.8, 4) is 10.6 Å². The summed E-state index contributed by atoms with van der Waals surface area (Å²) in [7, 11) is 0. The van der Waals surface area contributed by atoms with Gasteiger partial charge in [0, 0.05) is 42.1 Å². The van der Waals surface area contributed by atoms with Crippen molar-refractivity contribution in [3.05, 3.63) is 71.2 Å². The van der Waals surface area contributed by atoms with Crippen molar-refractivity contribution in [1.29, 1.82) is 0 Å². The summed E-state index contributed by atoms with van der Waals surface area (Å²) in [6, 6.07) is 11.0. The van der Waals surface area contributed by atoms with Crippen molar-refractivity contribution < 1.29 is 4.39 Å². The predicted octanol–water partition coefficient (Wildman–Crippen LogP) is 4.33. The zero-order valence-electron chi connectivity index (χ0n) is 13.2. The lowest BCUT2D eigenvalue weighted by Crippen LogP contribution is -2.19. The van der Waals surface area contributed by atoms with Crippen LogP contribution in [0.5, 0.6) is 0 Å². The molecule has 0 N–H and O–H groups in total. The van der Waals surface area contributed by atoms with Gasteiger partial charge in [0.2, 0.25) is 0 Å². The molecule has 3 heterocycles. The van der Waals surface area contributed by atoms with Gasteiger partial charge in [-0.1, -0.05) is 12.1 Å². The normalized spacial score (nSPS) is 18.1. The van der Waals surface area contributed by atoms with E-state index in [2.05, 4.69) is 14.9 Å². The number of halogens is 1. The quantitative estimate of drug-likeness (QED) is 0.708. The van der Waals surface area contributed by atoms with E-state index in [9.17, 15) is 4.39 Å². The Morgan fingerprint density at radius 3 is 2.92 bits per heavy atom. The number of benzene rings is 1. The summed E-state index contributed by atoms with van der Waals surface area (Å²) in [5, 5.41) is 1.04. The van der Waals surface area contributed by atoms with E-state index in [0.29, 0.717) is 5.92 Å². The molecular formula is C19H18FN3S. The zero-order valence-corrected chi connectivity index (χ0v) is 14.0. The standard InChI is InChI=1S/C19H18FN3S/c20-17-3-1-2-15(10-17)16-6-9-23(12-16)13-18-11-22-19(24-18)14-4-7-21-8-5-14/h1-5,7-8,10-11,16H,6,9,12-13H2. The molecule has 0 radical (unpaired) electrons. The molecule has 3 nitrogen and oxygen atoms in total. The second-order valence-electron chi connectivity index (χ2n) is 6.14. The van der Waals surface area contributed by atoms with E-state index in [1.165, 1.54) is 10.9 Å². The molecule has 24 heavy (non-hydrogen) atoms. The molecule has 0 amide bonds. The van der Waals surface area contributed by atoms with E-state index in [-0.39, 0.29) is 5.82 Å². The third kappa shape index (κ3) is 3.37. The zero-order chi connectivity index (χ0) is 16.4. The van der Waals surface area contributed by atoms with Gasteiger partial charge in [-0.05, 0) is 48.7 Å². The third-order valence-corrected chi connectivity index (χ3v) is 5.48. The molecule has 5 heteroatoms. The average molecular weight is 339 g/mol. The molecule has 1 aliphatic rings. The van der Waals surface area contributed by atoms with Gasteiger partial charge in [-0.15, -0.1) is 11.3 Å². The van der Waals surface area contributed by atoms with Crippen LogP contribution in [0.3, 0.4) is 0 Å². The summed E-state index contributed by atoms with van der Waals surface area (Å²) in [4.78, 5) is 12.3. The van der Waals surface area contributed by atoms with Gasteiger partial charge in [0.15, 0.2) is 0 Å². The van der Waals surface area contributed by atoms with Crippen LogP contribution in [-0.4, -0.2) is 28.0 Å². The van der Waals surface area contributed by atoms with Gasteiger partial charge in [0.1, 0.15) is 10.8 Å². The van der Waals surface area contributed by atoms with Crippen molar-refractivity contribution >= 4 is 11.3 Å². The Labute approximate surface area is 144 Å². The lowest BCUT2D eigenvalue weighted by Gasteiger charge is -2.15. The summed E-state index contributed by atoms with van der Waals surface area (Å²) in [5.41, 5.74) is 2.22. The van der Waals surface area contributed by atoms with Gasteiger partial charge in [-0.2, -0.15) is 0 Å². The Bertz CT molecular complexity index is 818. The highest BCUT2D eigenvalue weighted by molar-refractivity contribution is 7.15. The fourth-order valence-electron chi connectivity index (χ4n) is 3.24.